The van der Waals surface area contributed by atoms with Crippen LogP contribution >= 0.6 is 11.6 Å². The number of aromatic carboxylic acids is 1. The first kappa shape index (κ1) is 13.4. The summed E-state index contributed by atoms with van der Waals surface area (Å²) in [5.41, 5.74) is 1.26. The summed E-state index contributed by atoms with van der Waals surface area (Å²) in [7, 11) is 1.58. The van der Waals surface area contributed by atoms with Gasteiger partial charge in [0.2, 0.25) is 0 Å². The molecule has 6 nitrogen and oxygen atoms in total. The number of carbonyl (C=O) groups is 1. The molecule has 21 heavy (non-hydrogen) atoms. The Labute approximate surface area is 124 Å². The van der Waals surface area contributed by atoms with Crippen LogP contribution in [0.3, 0.4) is 0 Å². The highest BCUT2D eigenvalue weighted by molar-refractivity contribution is 6.33. The number of hydrogen-bond donors (Lipinski definition) is 1. The van der Waals surface area contributed by atoms with Crippen molar-refractivity contribution in [2.45, 2.75) is 0 Å². The Hall–Kier alpha value is -2.60. The number of ether oxygens (including phenoxy) is 1. The molecule has 7 heteroatoms. The molecule has 0 amide bonds. The van der Waals surface area contributed by atoms with E-state index >= 15 is 0 Å². The summed E-state index contributed by atoms with van der Waals surface area (Å²) in [5, 5.41) is 17.4. The van der Waals surface area contributed by atoms with Crippen LogP contribution < -0.4 is 4.74 Å². The van der Waals surface area contributed by atoms with Gasteiger partial charge in [0.1, 0.15) is 5.75 Å². The lowest BCUT2D eigenvalue weighted by molar-refractivity contribution is 0.0696. The largest absolute Gasteiger partial charge is 0.497 e. The van der Waals surface area contributed by atoms with Crippen molar-refractivity contribution in [3.63, 3.8) is 0 Å². The lowest BCUT2D eigenvalue weighted by Gasteiger charge is -2.04. The van der Waals surface area contributed by atoms with E-state index < -0.39 is 5.97 Å². The Bertz CT molecular complexity index is 827. The van der Waals surface area contributed by atoms with Crippen molar-refractivity contribution in [1.82, 2.24) is 14.6 Å². The summed E-state index contributed by atoms with van der Waals surface area (Å²) in [5.74, 6) is 0.169. The molecular weight excluding hydrogens is 294 g/mol. The molecule has 2 aromatic heterocycles. The molecule has 0 unspecified atom stereocenters. The molecule has 0 fully saturated rings. The standard InChI is InChI=1S/C14H10ClN3O3/c1-21-10-4-2-8(3-5-10)12-16-17-13-11(15)6-9(14(19)20)7-18(12)13/h2-7H,1H3,(H,19,20). The van der Waals surface area contributed by atoms with E-state index in [0.717, 1.165) is 11.3 Å². The maximum atomic E-state index is 11.1. The summed E-state index contributed by atoms with van der Waals surface area (Å²) in [6.45, 7) is 0. The normalized spacial score (nSPS) is 10.8. The van der Waals surface area contributed by atoms with E-state index in [1.54, 1.807) is 23.6 Å². The average Bonchev–Trinajstić information content (AvgIpc) is 2.91. The molecule has 2 heterocycles. The second kappa shape index (κ2) is 5.06. The first-order chi connectivity index (χ1) is 10.1. The van der Waals surface area contributed by atoms with Gasteiger partial charge < -0.3 is 9.84 Å². The van der Waals surface area contributed by atoms with E-state index in [9.17, 15) is 4.79 Å². The number of nitrogens with zero attached hydrogens (tertiary/aromatic N) is 3. The quantitative estimate of drug-likeness (QED) is 0.805. The highest BCUT2D eigenvalue weighted by Crippen LogP contribution is 2.25. The van der Waals surface area contributed by atoms with Crippen LogP contribution in [0.4, 0.5) is 0 Å². The minimum absolute atomic E-state index is 0.0714. The Balaban J connectivity index is 2.20. The van der Waals surface area contributed by atoms with E-state index in [1.165, 1.54) is 12.3 Å². The highest BCUT2D eigenvalue weighted by Gasteiger charge is 2.14. The molecular formula is C14H10ClN3O3. The number of benzene rings is 1. The SMILES string of the molecule is COc1ccc(-c2nnc3c(Cl)cc(C(=O)O)cn23)cc1. The van der Waals surface area contributed by atoms with Gasteiger partial charge in [0.15, 0.2) is 11.5 Å². The van der Waals surface area contributed by atoms with E-state index in [1.807, 2.05) is 12.1 Å². The maximum absolute atomic E-state index is 11.1. The third-order valence-corrected chi connectivity index (χ3v) is 3.33. The van der Waals surface area contributed by atoms with Crippen LogP contribution in [0.25, 0.3) is 17.0 Å². The Morgan fingerprint density at radius 2 is 2.00 bits per heavy atom. The first-order valence-corrected chi connectivity index (χ1v) is 6.40. The molecule has 106 valence electrons. The summed E-state index contributed by atoms with van der Waals surface area (Å²) in [6, 6.07) is 8.57. The van der Waals surface area contributed by atoms with Gasteiger partial charge in [-0.3, -0.25) is 4.40 Å². The summed E-state index contributed by atoms with van der Waals surface area (Å²) < 4.78 is 6.67. The van der Waals surface area contributed by atoms with Crippen LogP contribution in [-0.4, -0.2) is 32.8 Å². The van der Waals surface area contributed by atoms with E-state index in [2.05, 4.69) is 10.2 Å². The van der Waals surface area contributed by atoms with Crippen molar-refractivity contribution in [2.75, 3.05) is 7.11 Å². The van der Waals surface area contributed by atoms with Gasteiger partial charge in [0, 0.05) is 11.8 Å². The van der Waals surface area contributed by atoms with Crippen LogP contribution in [0.15, 0.2) is 36.5 Å². The van der Waals surface area contributed by atoms with Gasteiger partial charge in [0.25, 0.3) is 0 Å². The molecule has 0 aliphatic rings. The molecule has 3 rings (SSSR count). The number of methoxy groups -OCH3 is 1. The number of aromatic nitrogens is 3. The molecule has 0 bridgehead atoms. The molecule has 0 aliphatic carbocycles. The third-order valence-electron chi connectivity index (χ3n) is 3.06. The Kier molecular flexibility index (Phi) is 3.23. The summed E-state index contributed by atoms with van der Waals surface area (Å²) in [4.78, 5) is 11.1. The summed E-state index contributed by atoms with van der Waals surface area (Å²) >= 11 is 6.05. The molecule has 0 saturated carbocycles. The zero-order chi connectivity index (χ0) is 15.0. The van der Waals surface area contributed by atoms with Crippen LogP contribution in [0.1, 0.15) is 10.4 Å². The third kappa shape index (κ3) is 2.30. The summed E-state index contributed by atoms with van der Waals surface area (Å²) in [6.07, 6.45) is 1.45. The lowest BCUT2D eigenvalue weighted by atomic mass is 10.2. The molecule has 0 spiro atoms. The molecule has 0 aliphatic heterocycles. The topological polar surface area (TPSA) is 76.7 Å². The fourth-order valence-corrected chi connectivity index (χ4v) is 2.25. The second-order valence-electron chi connectivity index (χ2n) is 4.33. The molecule has 3 aromatic rings. The number of halogens is 1. The van der Waals surface area contributed by atoms with Crippen molar-refractivity contribution < 1.29 is 14.6 Å². The van der Waals surface area contributed by atoms with Crippen LogP contribution in [-0.2, 0) is 0 Å². The van der Waals surface area contributed by atoms with Crippen molar-refractivity contribution >= 4 is 23.2 Å². The van der Waals surface area contributed by atoms with Crippen molar-refractivity contribution in [3.8, 4) is 17.1 Å². The smallest absolute Gasteiger partial charge is 0.337 e. The highest BCUT2D eigenvalue weighted by atomic mass is 35.5. The van der Waals surface area contributed by atoms with Crippen molar-refractivity contribution in [3.05, 3.63) is 47.1 Å². The van der Waals surface area contributed by atoms with Gasteiger partial charge in [0.05, 0.1) is 17.7 Å². The van der Waals surface area contributed by atoms with E-state index in [-0.39, 0.29) is 10.6 Å². The van der Waals surface area contributed by atoms with Crippen LogP contribution in [0, 0.1) is 0 Å². The number of hydrogen-bond acceptors (Lipinski definition) is 4. The second-order valence-corrected chi connectivity index (χ2v) is 4.73. The van der Waals surface area contributed by atoms with Gasteiger partial charge in [-0.15, -0.1) is 10.2 Å². The minimum Gasteiger partial charge on any atom is -0.497 e. The van der Waals surface area contributed by atoms with Gasteiger partial charge >= 0.3 is 5.97 Å². The molecule has 0 radical (unpaired) electrons. The monoisotopic (exact) mass is 303 g/mol. The maximum Gasteiger partial charge on any atom is 0.337 e. The number of rotatable bonds is 3. The molecule has 0 atom stereocenters. The number of carboxylic acid groups (broad SMARTS) is 1. The first-order valence-electron chi connectivity index (χ1n) is 6.02. The molecule has 0 saturated heterocycles. The van der Waals surface area contributed by atoms with Crippen molar-refractivity contribution in [2.24, 2.45) is 0 Å². The van der Waals surface area contributed by atoms with Gasteiger partial charge in [-0.05, 0) is 30.3 Å². The van der Waals surface area contributed by atoms with E-state index in [4.69, 9.17) is 21.4 Å². The predicted molar refractivity (Wildman–Crippen MR) is 76.9 cm³/mol. The molecule has 1 N–H and O–H groups in total. The zero-order valence-electron chi connectivity index (χ0n) is 10.9. The number of fused-ring (bicyclic) bond motifs is 1. The van der Waals surface area contributed by atoms with Crippen LogP contribution in [0.5, 0.6) is 5.75 Å². The average molecular weight is 304 g/mol. The zero-order valence-corrected chi connectivity index (χ0v) is 11.7. The lowest BCUT2D eigenvalue weighted by Crippen LogP contribution is -2.00. The van der Waals surface area contributed by atoms with Gasteiger partial charge in [-0.1, -0.05) is 11.6 Å². The molecule has 1 aromatic carbocycles. The Morgan fingerprint density at radius 1 is 1.29 bits per heavy atom. The van der Waals surface area contributed by atoms with E-state index in [0.29, 0.717) is 11.5 Å². The fourth-order valence-electron chi connectivity index (χ4n) is 2.01. The van der Waals surface area contributed by atoms with Crippen molar-refractivity contribution in [1.29, 1.82) is 0 Å². The number of pyridine rings is 1. The number of carboxylic acids is 1. The fraction of sp³-hybridized carbons (Fsp3) is 0.0714. The Morgan fingerprint density at radius 3 is 2.62 bits per heavy atom. The minimum atomic E-state index is -1.06. The van der Waals surface area contributed by atoms with Gasteiger partial charge in [-0.2, -0.15) is 0 Å². The van der Waals surface area contributed by atoms with Crippen LogP contribution in [0.2, 0.25) is 5.02 Å². The van der Waals surface area contributed by atoms with Gasteiger partial charge in [-0.25, -0.2) is 4.79 Å². The predicted octanol–water partition coefficient (Wildman–Crippen LogP) is 2.76.